The average Bonchev–Trinajstić information content (AvgIpc) is 3.41. The van der Waals surface area contributed by atoms with Gasteiger partial charge in [0, 0.05) is 44.3 Å². The first-order chi connectivity index (χ1) is 13.2. The molecule has 0 unspecified atom stereocenters. The molecule has 4 rings (SSSR count). The summed E-state index contributed by atoms with van der Waals surface area (Å²) in [7, 11) is 0. The van der Waals surface area contributed by atoms with E-state index in [1.54, 1.807) is 0 Å². The number of benzene rings is 1. The summed E-state index contributed by atoms with van der Waals surface area (Å²) in [6, 6.07) is 8.21. The number of rotatable bonds is 6. The maximum absolute atomic E-state index is 12.3. The fourth-order valence-electron chi connectivity index (χ4n) is 4.01. The molecule has 1 aromatic rings. The van der Waals surface area contributed by atoms with E-state index in [0.717, 1.165) is 51.3 Å². The normalized spacial score (nSPS) is 21.4. The van der Waals surface area contributed by atoms with Crippen molar-refractivity contribution in [1.29, 1.82) is 0 Å². The molecule has 1 saturated carbocycles. The zero-order chi connectivity index (χ0) is 18.6. The molecule has 2 amide bonds. The van der Waals surface area contributed by atoms with Crippen LogP contribution in [0.3, 0.4) is 0 Å². The van der Waals surface area contributed by atoms with Gasteiger partial charge in [0.25, 0.3) is 0 Å². The molecule has 2 aliphatic heterocycles. The van der Waals surface area contributed by atoms with Gasteiger partial charge in [-0.1, -0.05) is 12.1 Å². The minimum atomic E-state index is 0.0178. The van der Waals surface area contributed by atoms with Gasteiger partial charge in [0.05, 0.1) is 6.54 Å². The number of hydrogen-bond acceptors (Lipinski definition) is 4. The Labute approximate surface area is 161 Å². The maximum Gasteiger partial charge on any atom is 0.238 e. The van der Waals surface area contributed by atoms with Crippen molar-refractivity contribution in [2.75, 3.05) is 51.1 Å². The Morgan fingerprint density at radius 1 is 0.889 bits per heavy atom. The van der Waals surface area contributed by atoms with Crippen LogP contribution < -0.4 is 5.32 Å². The van der Waals surface area contributed by atoms with Gasteiger partial charge >= 0.3 is 0 Å². The predicted molar refractivity (Wildman–Crippen MR) is 105 cm³/mol. The third kappa shape index (κ3) is 5.08. The highest BCUT2D eigenvalue weighted by Gasteiger charge is 2.34. The first-order valence-corrected chi connectivity index (χ1v) is 10.3. The van der Waals surface area contributed by atoms with Crippen LogP contribution >= 0.6 is 0 Å². The molecular weight excluding hydrogens is 340 g/mol. The van der Waals surface area contributed by atoms with Crippen LogP contribution in [0.2, 0.25) is 0 Å². The summed E-state index contributed by atoms with van der Waals surface area (Å²) in [5, 5.41) is 3.00. The zero-order valence-electron chi connectivity index (χ0n) is 16.0. The van der Waals surface area contributed by atoms with Crippen LogP contribution in [0.1, 0.15) is 31.2 Å². The highest BCUT2D eigenvalue weighted by molar-refractivity contribution is 5.92. The number of carbonyl (C=O) groups excluding carboxylic acids is 2. The van der Waals surface area contributed by atoms with Crippen molar-refractivity contribution in [2.24, 2.45) is 5.92 Å². The summed E-state index contributed by atoms with van der Waals surface area (Å²) in [6.07, 6.45) is 4.71. The first-order valence-electron chi connectivity index (χ1n) is 10.3. The number of carbonyl (C=O) groups is 2. The minimum absolute atomic E-state index is 0.0178. The van der Waals surface area contributed by atoms with Crippen LogP contribution in [0.25, 0.3) is 0 Å². The number of anilines is 1. The summed E-state index contributed by atoms with van der Waals surface area (Å²) in [6.45, 7) is 6.82. The summed E-state index contributed by atoms with van der Waals surface area (Å²) in [5.74, 6) is 0.616. The average molecular weight is 370 g/mol. The monoisotopic (exact) mass is 370 g/mol. The molecule has 27 heavy (non-hydrogen) atoms. The third-order valence-corrected chi connectivity index (χ3v) is 5.82. The Balaban J connectivity index is 1.19. The van der Waals surface area contributed by atoms with Gasteiger partial charge in [0.2, 0.25) is 11.8 Å². The molecule has 2 heterocycles. The lowest BCUT2D eigenvalue weighted by molar-refractivity contribution is -0.134. The predicted octanol–water partition coefficient (Wildman–Crippen LogP) is 1.78. The second-order valence-corrected chi connectivity index (χ2v) is 8.10. The van der Waals surface area contributed by atoms with Crippen LogP contribution in [0.5, 0.6) is 0 Å². The molecule has 2 saturated heterocycles. The lowest BCUT2D eigenvalue weighted by atomic mass is 10.2. The second-order valence-electron chi connectivity index (χ2n) is 8.10. The molecule has 1 N–H and O–H groups in total. The Morgan fingerprint density at radius 2 is 1.56 bits per heavy atom. The lowest BCUT2D eigenvalue weighted by Crippen LogP contribution is -2.50. The quantitative estimate of drug-likeness (QED) is 0.829. The van der Waals surface area contributed by atoms with Gasteiger partial charge in [-0.3, -0.25) is 19.4 Å². The van der Waals surface area contributed by atoms with Gasteiger partial charge in [-0.05, 0) is 56.5 Å². The number of nitrogens with zero attached hydrogens (tertiary/aromatic N) is 3. The molecule has 0 spiro atoms. The van der Waals surface area contributed by atoms with Crippen molar-refractivity contribution < 1.29 is 9.59 Å². The Morgan fingerprint density at radius 3 is 2.19 bits per heavy atom. The van der Waals surface area contributed by atoms with Gasteiger partial charge < -0.3 is 10.2 Å². The molecule has 146 valence electrons. The van der Waals surface area contributed by atoms with Gasteiger partial charge in [0.1, 0.15) is 0 Å². The Hall–Kier alpha value is -1.92. The van der Waals surface area contributed by atoms with Crippen molar-refractivity contribution in [2.45, 2.75) is 32.2 Å². The van der Waals surface area contributed by atoms with E-state index in [1.165, 1.54) is 31.5 Å². The Kier molecular flexibility index (Phi) is 5.74. The molecule has 6 nitrogen and oxygen atoms in total. The summed E-state index contributed by atoms with van der Waals surface area (Å²) in [5.41, 5.74) is 2.15. The van der Waals surface area contributed by atoms with E-state index in [9.17, 15) is 9.59 Å². The number of amides is 2. The highest BCUT2D eigenvalue weighted by Crippen LogP contribution is 2.31. The molecule has 3 fully saturated rings. The van der Waals surface area contributed by atoms with E-state index in [2.05, 4.69) is 27.2 Å². The van der Waals surface area contributed by atoms with E-state index in [1.807, 2.05) is 17.0 Å². The van der Waals surface area contributed by atoms with Crippen molar-refractivity contribution >= 4 is 17.5 Å². The van der Waals surface area contributed by atoms with Gasteiger partial charge in [0.15, 0.2) is 0 Å². The maximum atomic E-state index is 12.3. The van der Waals surface area contributed by atoms with Crippen molar-refractivity contribution in [1.82, 2.24) is 14.7 Å². The van der Waals surface area contributed by atoms with Gasteiger partial charge in [-0.2, -0.15) is 0 Å². The van der Waals surface area contributed by atoms with Crippen molar-refractivity contribution in [3.05, 3.63) is 29.8 Å². The van der Waals surface area contributed by atoms with E-state index < -0.39 is 0 Å². The molecule has 1 aromatic carbocycles. The molecular formula is C21H30N4O2. The zero-order valence-corrected chi connectivity index (χ0v) is 16.0. The fraction of sp³-hybridized carbons (Fsp3) is 0.619. The highest BCUT2D eigenvalue weighted by atomic mass is 16.2. The van der Waals surface area contributed by atoms with Crippen LogP contribution in [0.15, 0.2) is 24.3 Å². The topological polar surface area (TPSA) is 55.9 Å². The van der Waals surface area contributed by atoms with Crippen molar-refractivity contribution in [3.63, 3.8) is 0 Å². The fourth-order valence-corrected chi connectivity index (χ4v) is 4.01. The largest absolute Gasteiger partial charge is 0.340 e. The van der Waals surface area contributed by atoms with Gasteiger partial charge in [-0.25, -0.2) is 0 Å². The SMILES string of the molecule is O=C(CN1CCN(C(=O)C2CC2)CC1)Nc1ccc(CN2CCCC2)cc1. The van der Waals surface area contributed by atoms with E-state index in [-0.39, 0.29) is 11.8 Å². The number of piperazine rings is 1. The summed E-state index contributed by atoms with van der Waals surface area (Å²) >= 11 is 0. The molecule has 0 radical (unpaired) electrons. The number of nitrogens with one attached hydrogen (secondary N) is 1. The summed E-state index contributed by atoms with van der Waals surface area (Å²) in [4.78, 5) is 31.0. The minimum Gasteiger partial charge on any atom is -0.340 e. The lowest BCUT2D eigenvalue weighted by Gasteiger charge is -2.34. The van der Waals surface area contributed by atoms with Crippen molar-refractivity contribution in [3.8, 4) is 0 Å². The summed E-state index contributed by atoms with van der Waals surface area (Å²) < 4.78 is 0. The molecule has 1 aliphatic carbocycles. The van der Waals surface area contributed by atoms with Gasteiger partial charge in [-0.15, -0.1) is 0 Å². The second kappa shape index (κ2) is 8.40. The molecule has 0 aromatic heterocycles. The first kappa shape index (κ1) is 18.4. The molecule has 0 atom stereocenters. The third-order valence-electron chi connectivity index (χ3n) is 5.82. The number of likely N-dealkylation sites (tertiary alicyclic amines) is 1. The molecule has 0 bridgehead atoms. The van der Waals surface area contributed by atoms with Crippen LogP contribution in [0, 0.1) is 5.92 Å². The van der Waals surface area contributed by atoms with E-state index in [4.69, 9.17) is 0 Å². The number of hydrogen-bond donors (Lipinski definition) is 1. The molecule has 6 heteroatoms. The van der Waals surface area contributed by atoms with E-state index in [0.29, 0.717) is 12.5 Å². The standard InChI is InChI=1S/C21H30N4O2/c26-20(16-24-11-13-25(14-12-24)21(27)18-5-6-18)22-19-7-3-17(4-8-19)15-23-9-1-2-10-23/h3-4,7-8,18H,1-2,5-6,9-16H2,(H,22,26). The van der Waals surface area contributed by atoms with Crippen LogP contribution in [-0.4, -0.2) is 72.3 Å². The molecule has 3 aliphatic rings. The van der Waals surface area contributed by atoms with Crippen LogP contribution in [-0.2, 0) is 16.1 Å². The smallest absolute Gasteiger partial charge is 0.238 e. The van der Waals surface area contributed by atoms with E-state index >= 15 is 0 Å². The van der Waals surface area contributed by atoms with Crippen LogP contribution in [0.4, 0.5) is 5.69 Å². The Bertz CT molecular complexity index is 657.